The molecule has 0 amide bonds. The Bertz CT molecular complexity index is 479. The number of phenolic OH excluding ortho intramolecular Hbond substituents is 1. The maximum absolute atomic E-state index is 10.2. The lowest BCUT2D eigenvalue weighted by Crippen LogP contribution is -2.48. The van der Waals surface area contributed by atoms with Gasteiger partial charge >= 0.3 is 0 Å². The molecule has 0 spiro atoms. The zero-order valence-electron chi connectivity index (χ0n) is 11.9. The van der Waals surface area contributed by atoms with Gasteiger partial charge in [-0.2, -0.15) is 0 Å². The molecule has 1 aromatic carbocycles. The van der Waals surface area contributed by atoms with Crippen LogP contribution >= 0.6 is 15.9 Å². The van der Waals surface area contributed by atoms with Gasteiger partial charge in [0.05, 0.1) is 0 Å². The van der Waals surface area contributed by atoms with Gasteiger partial charge < -0.3 is 10.8 Å². The number of aromatic hydroxyl groups is 1. The Hall–Kier alpha value is -0.580. The van der Waals surface area contributed by atoms with Gasteiger partial charge in [-0.15, -0.1) is 0 Å². The molecule has 3 atom stereocenters. The van der Waals surface area contributed by atoms with Crippen LogP contribution in [0.4, 0.5) is 0 Å². The Labute approximate surface area is 129 Å². The molecule has 3 N–H and O–H groups in total. The van der Waals surface area contributed by atoms with Crippen LogP contribution in [0.2, 0.25) is 0 Å². The van der Waals surface area contributed by atoms with Crippen molar-refractivity contribution in [1.29, 1.82) is 0 Å². The summed E-state index contributed by atoms with van der Waals surface area (Å²) in [6, 6.07) is 7.60. The summed E-state index contributed by atoms with van der Waals surface area (Å²) in [5.74, 6) is 0.411. The fourth-order valence-corrected chi connectivity index (χ4v) is 4.53. The van der Waals surface area contributed by atoms with Gasteiger partial charge in [-0.3, -0.25) is 4.90 Å². The average Bonchev–Trinajstić information content (AvgIpc) is 2.68. The molecule has 0 radical (unpaired) electrons. The van der Waals surface area contributed by atoms with Gasteiger partial charge in [0.2, 0.25) is 0 Å². The number of hydrogen-bond acceptors (Lipinski definition) is 3. The molecule has 20 heavy (non-hydrogen) atoms. The van der Waals surface area contributed by atoms with E-state index in [0.717, 1.165) is 29.3 Å². The number of halogens is 1. The second-order valence-electron chi connectivity index (χ2n) is 6.19. The van der Waals surface area contributed by atoms with Gasteiger partial charge in [0.1, 0.15) is 5.75 Å². The molecule has 2 fully saturated rings. The van der Waals surface area contributed by atoms with E-state index in [2.05, 4.69) is 33.8 Å². The minimum Gasteiger partial charge on any atom is -0.508 e. The van der Waals surface area contributed by atoms with Crippen LogP contribution in [-0.2, 0) is 0 Å². The summed E-state index contributed by atoms with van der Waals surface area (Å²) in [6.45, 7) is 2.21. The topological polar surface area (TPSA) is 49.5 Å². The molecule has 3 rings (SSSR count). The molecule has 2 aliphatic heterocycles. The number of nitrogens with zero attached hydrogens (tertiary/aromatic N) is 1. The van der Waals surface area contributed by atoms with Gasteiger partial charge in [0, 0.05) is 34.2 Å². The molecular weight excluding hydrogens is 316 g/mol. The number of phenols is 1. The Morgan fingerprint density at radius 1 is 1.35 bits per heavy atom. The van der Waals surface area contributed by atoms with Crippen LogP contribution in [0.1, 0.15) is 50.6 Å². The van der Waals surface area contributed by atoms with Crippen LogP contribution in [0.3, 0.4) is 0 Å². The first-order valence-corrected chi connectivity index (χ1v) is 8.41. The predicted molar refractivity (Wildman–Crippen MR) is 84.7 cm³/mol. The first kappa shape index (κ1) is 14.4. The van der Waals surface area contributed by atoms with E-state index in [1.54, 1.807) is 6.07 Å². The molecule has 3 nitrogen and oxygen atoms in total. The summed E-state index contributed by atoms with van der Waals surface area (Å²) in [5, 5.41) is 10.2. The van der Waals surface area contributed by atoms with Gasteiger partial charge in [-0.1, -0.05) is 22.9 Å². The summed E-state index contributed by atoms with van der Waals surface area (Å²) in [5.41, 5.74) is 7.22. The SMILES string of the molecule is CCC(c1cc(Br)ccc1O)N1C2CCC1CC(N)C2. The first-order valence-electron chi connectivity index (χ1n) is 7.61. The van der Waals surface area contributed by atoms with E-state index >= 15 is 0 Å². The van der Waals surface area contributed by atoms with Crippen molar-refractivity contribution in [3.05, 3.63) is 28.2 Å². The molecule has 3 unspecified atom stereocenters. The van der Waals surface area contributed by atoms with Gasteiger partial charge in [0.15, 0.2) is 0 Å². The Balaban J connectivity index is 1.92. The lowest BCUT2D eigenvalue weighted by Gasteiger charge is -2.43. The second kappa shape index (κ2) is 5.66. The number of benzene rings is 1. The number of piperidine rings is 1. The largest absolute Gasteiger partial charge is 0.508 e. The quantitative estimate of drug-likeness (QED) is 0.885. The summed E-state index contributed by atoms with van der Waals surface area (Å²) in [4.78, 5) is 2.63. The second-order valence-corrected chi connectivity index (χ2v) is 7.11. The van der Waals surface area contributed by atoms with Crippen molar-refractivity contribution in [3.63, 3.8) is 0 Å². The minimum absolute atomic E-state index is 0.303. The summed E-state index contributed by atoms with van der Waals surface area (Å²) < 4.78 is 1.03. The monoisotopic (exact) mass is 338 g/mol. The van der Waals surface area contributed by atoms with Gasteiger partial charge in [0.25, 0.3) is 0 Å². The molecule has 2 saturated heterocycles. The third-order valence-corrected chi connectivity index (χ3v) is 5.41. The molecule has 0 saturated carbocycles. The van der Waals surface area contributed by atoms with E-state index < -0.39 is 0 Å². The van der Waals surface area contributed by atoms with Gasteiger partial charge in [-0.05, 0) is 50.3 Å². The molecule has 4 heteroatoms. The van der Waals surface area contributed by atoms with Crippen LogP contribution < -0.4 is 5.73 Å². The van der Waals surface area contributed by atoms with Crippen molar-refractivity contribution in [2.75, 3.05) is 0 Å². The maximum Gasteiger partial charge on any atom is 0.120 e. The predicted octanol–water partition coefficient (Wildman–Crippen LogP) is 3.56. The summed E-state index contributed by atoms with van der Waals surface area (Å²) in [7, 11) is 0. The fraction of sp³-hybridized carbons (Fsp3) is 0.625. The molecule has 0 aliphatic carbocycles. The zero-order valence-corrected chi connectivity index (χ0v) is 13.5. The highest BCUT2D eigenvalue weighted by atomic mass is 79.9. The molecule has 2 bridgehead atoms. The lowest BCUT2D eigenvalue weighted by atomic mass is 9.92. The fourth-order valence-electron chi connectivity index (χ4n) is 4.15. The maximum atomic E-state index is 10.2. The van der Waals surface area contributed by atoms with Gasteiger partial charge in [-0.25, -0.2) is 0 Å². The van der Waals surface area contributed by atoms with Crippen LogP contribution in [0.15, 0.2) is 22.7 Å². The van der Waals surface area contributed by atoms with Crippen LogP contribution in [0, 0.1) is 0 Å². The van der Waals surface area contributed by atoms with Crippen molar-refractivity contribution in [2.24, 2.45) is 5.73 Å². The normalized spacial score (nSPS) is 31.4. The third-order valence-electron chi connectivity index (χ3n) is 4.92. The van der Waals surface area contributed by atoms with E-state index in [-0.39, 0.29) is 0 Å². The smallest absolute Gasteiger partial charge is 0.120 e. The Kier molecular flexibility index (Phi) is 4.07. The lowest BCUT2D eigenvalue weighted by molar-refractivity contribution is 0.0733. The van der Waals surface area contributed by atoms with Crippen LogP contribution in [0.5, 0.6) is 5.75 Å². The van der Waals surface area contributed by atoms with Crippen molar-refractivity contribution in [3.8, 4) is 5.75 Å². The molecule has 2 aliphatic rings. The van der Waals surface area contributed by atoms with E-state index in [1.165, 1.54) is 12.8 Å². The van der Waals surface area contributed by atoms with Crippen LogP contribution in [0.25, 0.3) is 0 Å². The molecule has 110 valence electrons. The standard InChI is InChI=1S/C16H23BrN2O/c1-2-15(14-7-10(17)3-6-16(14)20)19-12-4-5-13(19)9-11(18)8-12/h3,6-7,11-13,15,20H,2,4-5,8-9,18H2,1H3. The van der Waals surface area contributed by atoms with E-state index in [1.807, 2.05) is 6.07 Å². The molecule has 2 heterocycles. The zero-order chi connectivity index (χ0) is 14.3. The van der Waals surface area contributed by atoms with Crippen molar-refractivity contribution in [1.82, 2.24) is 4.90 Å². The first-order chi connectivity index (χ1) is 9.60. The van der Waals surface area contributed by atoms with E-state index in [4.69, 9.17) is 5.73 Å². The number of hydrogen-bond donors (Lipinski definition) is 2. The molecular formula is C16H23BrN2O. The summed E-state index contributed by atoms with van der Waals surface area (Å²) in [6.07, 6.45) is 5.73. The highest BCUT2D eigenvalue weighted by Crippen LogP contribution is 2.44. The number of fused-ring (bicyclic) bond motifs is 2. The van der Waals surface area contributed by atoms with E-state index in [0.29, 0.717) is 29.9 Å². The minimum atomic E-state index is 0.303. The number of nitrogens with two attached hydrogens (primary N) is 1. The third kappa shape index (κ3) is 2.49. The van der Waals surface area contributed by atoms with Crippen molar-refractivity contribution < 1.29 is 5.11 Å². The number of rotatable bonds is 3. The Morgan fingerprint density at radius 3 is 2.60 bits per heavy atom. The van der Waals surface area contributed by atoms with Crippen molar-refractivity contribution in [2.45, 2.75) is 63.2 Å². The molecule has 1 aromatic rings. The summed E-state index contributed by atoms with van der Waals surface area (Å²) >= 11 is 3.52. The average molecular weight is 339 g/mol. The Morgan fingerprint density at radius 2 is 2.00 bits per heavy atom. The molecule has 0 aromatic heterocycles. The van der Waals surface area contributed by atoms with E-state index in [9.17, 15) is 5.11 Å². The van der Waals surface area contributed by atoms with Crippen molar-refractivity contribution >= 4 is 15.9 Å². The highest BCUT2D eigenvalue weighted by Gasteiger charge is 2.43. The highest BCUT2D eigenvalue weighted by molar-refractivity contribution is 9.10. The van der Waals surface area contributed by atoms with Crippen LogP contribution in [-0.4, -0.2) is 28.1 Å².